The predicted molar refractivity (Wildman–Crippen MR) is 103 cm³/mol. The largest absolute Gasteiger partial charge is 0.468 e. The third-order valence-electron chi connectivity index (χ3n) is 5.54. The van der Waals surface area contributed by atoms with Gasteiger partial charge in [0.15, 0.2) is 11.8 Å². The highest BCUT2D eigenvalue weighted by Crippen LogP contribution is 2.52. The van der Waals surface area contributed by atoms with Crippen molar-refractivity contribution in [2.45, 2.75) is 38.0 Å². The number of para-hydroxylation sites is 2. The molecule has 2 bridgehead atoms. The lowest BCUT2D eigenvalue weighted by molar-refractivity contribution is -0.163. The third-order valence-corrected chi connectivity index (χ3v) is 5.54. The topological polar surface area (TPSA) is 76.1 Å². The van der Waals surface area contributed by atoms with E-state index in [1.54, 1.807) is 11.8 Å². The van der Waals surface area contributed by atoms with Gasteiger partial charge in [0.1, 0.15) is 5.75 Å². The zero-order chi connectivity index (χ0) is 19.9. The summed E-state index contributed by atoms with van der Waals surface area (Å²) < 4.78 is 11.3. The van der Waals surface area contributed by atoms with E-state index in [1.165, 1.54) is 0 Å². The highest BCUT2D eigenvalue weighted by atomic mass is 16.5. The quantitative estimate of drug-likeness (QED) is 0.824. The minimum Gasteiger partial charge on any atom is -0.468 e. The molecule has 1 fully saturated rings. The second-order valence-corrected chi connectivity index (χ2v) is 7.36. The van der Waals surface area contributed by atoms with E-state index in [-0.39, 0.29) is 18.4 Å². The number of esters is 1. The molecule has 4 unspecified atom stereocenters. The van der Waals surface area contributed by atoms with Crippen molar-refractivity contribution in [3.05, 3.63) is 60.2 Å². The third kappa shape index (κ3) is 2.85. The number of hydrogen-bond acceptors (Lipinski definition) is 5. The first kappa shape index (κ1) is 18.5. The van der Waals surface area contributed by atoms with Crippen LogP contribution in [0.2, 0.25) is 0 Å². The molecule has 6 nitrogen and oxygen atoms in total. The van der Waals surface area contributed by atoms with E-state index in [1.807, 2.05) is 61.5 Å². The van der Waals surface area contributed by atoms with E-state index >= 15 is 0 Å². The molecular weight excluding hydrogens is 358 g/mol. The number of aliphatic hydroxyl groups excluding tert-OH is 1. The number of fused-ring (bicyclic) bond motifs is 4. The summed E-state index contributed by atoms with van der Waals surface area (Å²) in [4.78, 5) is 27.5. The molecule has 1 N–H and O–H groups in total. The zero-order valence-electron chi connectivity index (χ0n) is 15.9. The van der Waals surface area contributed by atoms with E-state index in [9.17, 15) is 14.7 Å². The van der Waals surface area contributed by atoms with Gasteiger partial charge in [-0.2, -0.15) is 0 Å². The van der Waals surface area contributed by atoms with Gasteiger partial charge in [-0.3, -0.25) is 9.69 Å². The average molecular weight is 381 g/mol. The fraction of sp³-hybridized carbons (Fsp3) is 0.364. The zero-order valence-corrected chi connectivity index (χ0v) is 15.9. The lowest BCUT2D eigenvalue weighted by Crippen LogP contribution is -2.65. The number of piperidine rings is 1. The summed E-state index contributed by atoms with van der Waals surface area (Å²) in [6.07, 6.45) is -1.08. The number of nitrogens with zero attached hydrogens (tertiary/aromatic N) is 1. The van der Waals surface area contributed by atoms with E-state index in [0.29, 0.717) is 17.9 Å². The highest BCUT2D eigenvalue weighted by molar-refractivity contribution is 6.01. The second kappa shape index (κ2) is 6.95. The van der Waals surface area contributed by atoms with Crippen LogP contribution in [0.25, 0.3) is 0 Å². The van der Waals surface area contributed by atoms with Crippen LogP contribution in [-0.4, -0.2) is 35.4 Å². The Morgan fingerprint density at radius 2 is 1.93 bits per heavy atom. The maximum absolute atomic E-state index is 13.6. The molecule has 0 saturated carbocycles. The minimum atomic E-state index is -1.54. The Bertz CT molecular complexity index is 899. The SMILES string of the molecule is CCOC(=O)C(O)C1C(=O)N(c2ccccc2)C2(C)CC1c1ccccc1O2. The number of hydrogen-bond donors (Lipinski definition) is 1. The molecule has 0 spiro atoms. The lowest BCUT2D eigenvalue weighted by atomic mass is 9.71. The van der Waals surface area contributed by atoms with Gasteiger partial charge in [-0.1, -0.05) is 36.4 Å². The Morgan fingerprint density at radius 1 is 1.25 bits per heavy atom. The molecule has 4 atom stereocenters. The van der Waals surface area contributed by atoms with Crippen LogP contribution < -0.4 is 9.64 Å². The predicted octanol–water partition coefficient (Wildman–Crippen LogP) is 2.86. The first-order valence-electron chi connectivity index (χ1n) is 9.48. The van der Waals surface area contributed by atoms with Gasteiger partial charge >= 0.3 is 5.97 Å². The molecule has 0 aliphatic carbocycles. The molecule has 6 heteroatoms. The van der Waals surface area contributed by atoms with Crippen LogP contribution in [0.15, 0.2) is 54.6 Å². The Labute approximate surface area is 163 Å². The monoisotopic (exact) mass is 381 g/mol. The van der Waals surface area contributed by atoms with Gasteiger partial charge in [-0.15, -0.1) is 0 Å². The molecule has 0 aromatic heterocycles. The van der Waals surface area contributed by atoms with Crippen LogP contribution in [0, 0.1) is 5.92 Å². The Balaban J connectivity index is 1.84. The minimum absolute atomic E-state index is 0.140. The van der Waals surface area contributed by atoms with Crippen molar-refractivity contribution < 1.29 is 24.2 Å². The van der Waals surface area contributed by atoms with Gasteiger partial charge in [-0.25, -0.2) is 4.79 Å². The molecule has 28 heavy (non-hydrogen) atoms. The van der Waals surface area contributed by atoms with Gasteiger partial charge in [-0.05, 0) is 37.6 Å². The molecule has 146 valence electrons. The molecule has 2 aromatic rings. The van der Waals surface area contributed by atoms with E-state index in [0.717, 1.165) is 5.56 Å². The smallest absolute Gasteiger partial charge is 0.335 e. The summed E-state index contributed by atoms with van der Waals surface area (Å²) >= 11 is 0. The summed E-state index contributed by atoms with van der Waals surface area (Å²) in [7, 11) is 0. The fourth-order valence-electron chi connectivity index (χ4n) is 4.39. The number of benzene rings is 2. The molecule has 0 radical (unpaired) electrons. The van der Waals surface area contributed by atoms with Crippen LogP contribution in [0.5, 0.6) is 5.75 Å². The van der Waals surface area contributed by atoms with E-state index in [4.69, 9.17) is 9.47 Å². The lowest BCUT2D eigenvalue weighted by Gasteiger charge is -2.53. The Morgan fingerprint density at radius 3 is 2.64 bits per heavy atom. The van der Waals surface area contributed by atoms with Crippen LogP contribution in [0.3, 0.4) is 0 Å². The normalized spacial score (nSPS) is 26.8. The molecule has 1 saturated heterocycles. The van der Waals surface area contributed by atoms with Crippen molar-refractivity contribution in [1.82, 2.24) is 0 Å². The number of carbonyl (C=O) groups is 2. The molecule has 2 aromatic carbocycles. The summed E-state index contributed by atoms with van der Waals surface area (Å²) in [5.74, 6) is -1.75. The first-order valence-corrected chi connectivity index (χ1v) is 9.48. The highest BCUT2D eigenvalue weighted by Gasteiger charge is 2.57. The molecule has 1 amide bonds. The van der Waals surface area contributed by atoms with Gasteiger partial charge in [0, 0.05) is 18.0 Å². The van der Waals surface area contributed by atoms with Crippen LogP contribution in [0.1, 0.15) is 31.7 Å². The average Bonchev–Trinajstić information content (AvgIpc) is 2.68. The molecule has 2 aliphatic heterocycles. The van der Waals surface area contributed by atoms with Crippen LogP contribution in [0.4, 0.5) is 5.69 Å². The maximum atomic E-state index is 13.6. The number of ether oxygens (including phenoxy) is 2. The Kier molecular flexibility index (Phi) is 4.59. The summed E-state index contributed by atoms with van der Waals surface area (Å²) in [5, 5.41) is 10.8. The Hall–Kier alpha value is -2.86. The van der Waals surface area contributed by atoms with Gasteiger partial charge in [0.25, 0.3) is 0 Å². The van der Waals surface area contributed by atoms with Crippen LogP contribution in [-0.2, 0) is 14.3 Å². The molecule has 2 heterocycles. The summed E-state index contributed by atoms with van der Waals surface area (Å²) in [5.41, 5.74) is 0.575. The second-order valence-electron chi connectivity index (χ2n) is 7.36. The van der Waals surface area contributed by atoms with Gasteiger partial charge < -0.3 is 14.6 Å². The first-order chi connectivity index (χ1) is 13.5. The van der Waals surface area contributed by atoms with Crippen molar-refractivity contribution in [3.8, 4) is 5.75 Å². The van der Waals surface area contributed by atoms with Gasteiger partial charge in [0.05, 0.1) is 12.5 Å². The standard InChI is InChI=1S/C22H23NO5/c1-3-27-21(26)19(24)18-16-13-22(2,28-17-12-8-7-11-15(16)17)23(20(18)25)14-9-5-4-6-10-14/h4-12,16,18-19,24H,3,13H2,1-2H3. The van der Waals surface area contributed by atoms with Crippen molar-refractivity contribution >= 4 is 17.6 Å². The number of rotatable bonds is 4. The van der Waals surface area contributed by atoms with Gasteiger partial charge in [0.2, 0.25) is 5.91 Å². The number of aliphatic hydroxyl groups is 1. The number of anilines is 1. The van der Waals surface area contributed by atoms with Crippen molar-refractivity contribution in [1.29, 1.82) is 0 Å². The van der Waals surface area contributed by atoms with Crippen molar-refractivity contribution in [3.63, 3.8) is 0 Å². The maximum Gasteiger partial charge on any atom is 0.335 e. The number of amides is 1. The van der Waals surface area contributed by atoms with Crippen LogP contribution >= 0.6 is 0 Å². The molecule has 2 aliphatic rings. The van der Waals surface area contributed by atoms with Crippen molar-refractivity contribution in [2.24, 2.45) is 5.92 Å². The van der Waals surface area contributed by atoms with E-state index < -0.39 is 23.7 Å². The van der Waals surface area contributed by atoms with Crippen molar-refractivity contribution in [2.75, 3.05) is 11.5 Å². The number of carbonyl (C=O) groups excluding carboxylic acids is 2. The van der Waals surface area contributed by atoms with E-state index in [2.05, 4.69) is 0 Å². The summed E-state index contributed by atoms with van der Waals surface area (Å²) in [6.45, 7) is 3.68. The molecule has 4 rings (SSSR count). The summed E-state index contributed by atoms with van der Waals surface area (Å²) in [6, 6.07) is 16.7. The fourth-order valence-corrected chi connectivity index (χ4v) is 4.39. The molecular formula is C22H23NO5.